The molecule has 0 bridgehead atoms. The van der Waals surface area contributed by atoms with Crippen molar-refractivity contribution >= 4 is 11.9 Å². The second-order valence-corrected chi connectivity index (χ2v) is 10.0. The maximum Gasteiger partial charge on any atom is 0.326 e. The second-order valence-electron chi connectivity index (χ2n) is 10.0. The van der Waals surface area contributed by atoms with E-state index in [-0.39, 0.29) is 5.91 Å². The van der Waals surface area contributed by atoms with Crippen LogP contribution >= 0.6 is 0 Å². The Balaban J connectivity index is 1.80. The van der Waals surface area contributed by atoms with Crippen LogP contribution in [0.25, 0.3) is 11.1 Å². The minimum atomic E-state index is -1.04. The lowest BCUT2D eigenvalue weighted by Crippen LogP contribution is -2.41. The Hall–Kier alpha value is -2.70. The molecule has 3 rings (SSSR count). The first kappa shape index (κ1) is 26.9. The van der Waals surface area contributed by atoms with Gasteiger partial charge in [-0.15, -0.1) is 0 Å². The Morgan fingerprint density at radius 2 is 1.86 bits per heavy atom. The van der Waals surface area contributed by atoms with Crippen molar-refractivity contribution in [2.45, 2.75) is 70.9 Å². The SMILES string of the molecule is Cc1ccccc1-c1cc(CN(C)CCC2CCCCC2)ccc1C(=O)N[C@H](CCCN)C(=O)O. The van der Waals surface area contributed by atoms with Gasteiger partial charge in [-0.05, 0) is 86.6 Å². The minimum Gasteiger partial charge on any atom is -0.480 e. The van der Waals surface area contributed by atoms with Crippen LogP contribution in [0.2, 0.25) is 0 Å². The predicted molar refractivity (Wildman–Crippen MR) is 141 cm³/mol. The number of hydrogen-bond acceptors (Lipinski definition) is 4. The molecule has 1 saturated carbocycles. The van der Waals surface area contributed by atoms with E-state index in [1.165, 1.54) is 38.5 Å². The fourth-order valence-corrected chi connectivity index (χ4v) is 5.07. The van der Waals surface area contributed by atoms with Gasteiger partial charge in [-0.3, -0.25) is 4.79 Å². The van der Waals surface area contributed by atoms with Gasteiger partial charge in [0.1, 0.15) is 6.04 Å². The first-order valence-corrected chi connectivity index (χ1v) is 13.0. The monoisotopic (exact) mass is 479 g/mol. The molecule has 0 aliphatic heterocycles. The van der Waals surface area contributed by atoms with Crippen molar-refractivity contribution in [3.05, 3.63) is 59.2 Å². The maximum atomic E-state index is 13.2. The second kappa shape index (κ2) is 13.4. The fraction of sp³-hybridized carbons (Fsp3) is 0.517. The van der Waals surface area contributed by atoms with Crippen molar-refractivity contribution < 1.29 is 14.7 Å². The highest BCUT2D eigenvalue weighted by atomic mass is 16.4. The molecule has 4 N–H and O–H groups in total. The number of hydrogen-bond donors (Lipinski definition) is 3. The van der Waals surface area contributed by atoms with Crippen LogP contribution < -0.4 is 11.1 Å². The summed E-state index contributed by atoms with van der Waals surface area (Å²) in [5.74, 6) is -0.563. The summed E-state index contributed by atoms with van der Waals surface area (Å²) >= 11 is 0. The number of aliphatic carboxylic acids is 1. The van der Waals surface area contributed by atoms with Crippen molar-refractivity contribution in [1.29, 1.82) is 0 Å². The number of nitrogens with one attached hydrogen (secondary N) is 1. The molecule has 2 aromatic rings. The molecule has 0 unspecified atom stereocenters. The van der Waals surface area contributed by atoms with Gasteiger partial charge in [-0.25, -0.2) is 4.79 Å². The summed E-state index contributed by atoms with van der Waals surface area (Å²) in [5.41, 5.74) is 10.1. The van der Waals surface area contributed by atoms with Crippen LogP contribution in [0.3, 0.4) is 0 Å². The van der Waals surface area contributed by atoms with Gasteiger partial charge in [0.05, 0.1) is 0 Å². The van der Waals surface area contributed by atoms with E-state index >= 15 is 0 Å². The number of aryl methyl sites for hydroxylation is 1. The molecule has 190 valence electrons. The molecule has 6 nitrogen and oxygen atoms in total. The van der Waals surface area contributed by atoms with Gasteiger partial charge >= 0.3 is 5.97 Å². The maximum absolute atomic E-state index is 13.2. The molecule has 35 heavy (non-hydrogen) atoms. The molecule has 0 radical (unpaired) electrons. The molecule has 0 heterocycles. The molecular formula is C29H41N3O3. The Bertz CT molecular complexity index is 985. The first-order valence-electron chi connectivity index (χ1n) is 13.0. The average molecular weight is 480 g/mol. The molecule has 0 spiro atoms. The number of carboxylic acid groups (broad SMARTS) is 1. The van der Waals surface area contributed by atoms with Gasteiger partial charge in [-0.1, -0.05) is 62.4 Å². The highest BCUT2D eigenvalue weighted by Crippen LogP contribution is 2.29. The van der Waals surface area contributed by atoms with Gasteiger partial charge in [0.2, 0.25) is 0 Å². The van der Waals surface area contributed by atoms with E-state index < -0.39 is 12.0 Å². The van der Waals surface area contributed by atoms with E-state index in [1.54, 1.807) is 0 Å². The smallest absolute Gasteiger partial charge is 0.326 e. The molecule has 1 amide bonds. The van der Waals surface area contributed by atoms with E-state index in [9.17, 15) is 14.7 Å². The summed E-state index contributed by atoms with van der Waals surface area (Å²) < 4.78 is 0. The lowest BCUT2D eigenvalue weighted by molar-refractivity contribution is -0.139. The Morgan fingerprint density at radius 1 is 1.11 bits per heavy atom. The molecule has 0 aromatic heterocycles. The number of carbonyl (C=O) groups excluding carboxylic acids is 1. The Morgan fingerprint density at radius 3 is 2.54 bits per heavy atom. The standard InChI is InChI=1S/C29H41N3O3/c1-21-9-6-7-12-24(21)26-19-23(20-32(2)18-16-22-10-4-3-5-11-22)14-15-25(26)28(33)31-27(29(34)35)13-8-17-30/h6-7,9,12,14-15,19,22,27H,3-5,8,10-11,13,16-18,20,30H2,1-2H3,(H,31,33)(H,34,35)/t27-/m1/s1. The normalized spacial score (nSPS) is 15.2. The summed E-state index contributed by atoms with van der Waals surface area (Å²) in [6.45, 7) is 4.29. The fourth-order valence-electron chi connectivity index (χ4n) is 5.07. The van der Waals surface area contributed by atoms with Crippen LogP contribution in [0.4, 0.5) is 0 Å². The Labute approximate surface area is 209 Å². The number of nitrogens with zero attached hydrogens (tertiary/aromatic N) is 1. The summed E-state index contributed by atoms with van der Waals surface area (Å²) in [5, 5.41) is 12.3. The quantitative estimate of drug-likeness (QED) is 0.399. The molecule has 2 aromatic carbocycles. The minimum absolute atomic E-state index is 0.307. The van der Waals surface area contributed by atoms with Gasteiger partial charge in [0.25, 0.3) is 5.91 Å². The van der Waals surface area contributed by atoms with Crippen molar-refractivity contribution in [1.82, 2.24) is 10.2 Å². The zero-order chi connectivity index (χ0) is 25.2. The number of nitrogens with two attached hydrogens (primary N) is 1. The van der Waals surface area contributed by atoms with Gasteiger partial charge in [0, 0.05) is 12.1 Å². The molecule has 1 aliphatic rings. The largest absolute Gasteiger partial charge is 0.480 e. The molecule has 1 atom stereocenters. The van der Waals surface area contributed by atoms with Crippen LogP contribution in [0, 0.1) is 12.8 Å². The number of carbonyl (C=O) groups is 2. The molecule has 6 heteroatoms. The van der Waals surface area contributed by atoms with Crippen LogP contribution in [-0.2, 0) is 11.3 Å². The van der Waals surface area contributed by atoms with Gasteiger partial charge in [0.15, 0.2) is 0 Å². The number of rotatable bonds is 12. The van der Waals surface area contributed by atoms with Crippen molar-refractivity contribution in [2.75, 3.05) is 20.1 Å². The summed E-state index contributed by atoms with van der Waals surface area (Å²) in [6.07, 6.45) is 8.92. The number of amides is 1. The molecule has 0 saturated heterocycles. The van der Waals surface area contributed by atoms with E-state index in [2.05, 4.69) is 23.3 Å². The third-order valence-corrected chi connectivity index (χ3v) is 7.16. The predicted octanol–water partition coefficient (Wildman–Crippen LogP) is 4.99. The summed E-state index contributed by atoms with van der Waals surface area (Å²) in [6, 6.07) is 12.9. The first-order chi connectivity index (χ1) is 16.9. The van der Waals surface area contributed by atoms with E-state index in [0.29, 0.717) is 24.9 Å². The van der Waals surface area contributed by atoms with E-state index in [4.69, 9.17) is 5.73 Å². The van der Waals surface area contributed by atoms with E-state index in [1.807, 2.05) is 43.3 Å². The van der Waals surface area contributed by atoms with Crippen molar-refractivity contribution in [3.8, 4) is 11.1 Å². The third kappa shape index (κ3) is 7.91. The Kier molecular flexibility index (Phi) is 10.3. The number of carboxylic acids is 1. The van der Waals surface area contributed by atoms with Gasteiger partial charge in [-0.2, -0.15) is 0 Å². The molecule has 1 fully saturated rings. The topological polar surface area (TPSA) is 95.7 Å². The number of benzene rings is 2. The zero-order valence-electron chi connectivity index (χ0n) is 21.3. The van der Waals surface area contributed by atoms with Gasteiger partial charge < -0.3 is 21.1 Å². The van der Waals surface area contributed by atoms with Crippen molar-refractivity contribution in [3.63, 3.8) is 0 Å². The zero-order valence-corrected chi connectivity index (χ0v) is 21.3. The molecule has 1 aliphatic carbocycles. The van der Waals surface area contributed by atoms with Crippen LogP contribution in [0.1, 0.15) is 72.9 Å². The molecular weight excluding hydrogens is 438 g/mol. The van der Waals surface area contributed by atoms with Crippen molar-refractivity contribution in [2.24, 2.45) is 11.7 Å². The van der Waals surface area contributed by atoms with Crippen LogP contribution in [-0.4, -0.2) is 48.1 Å². The summed E-state index contributed by atoms with van der Waals surface area (Å²) in [4.78, 5) is 27.3. The highest BCUT2D eigenvalue weighted by Gasteiger charge is 2.23. The lowest BCUT2D eigenvalue weighted by atomic mass is 9.87. The third-order valence-electron chi connectivity index (χ3n) is 7.16. The highest BCUT2D eigenvalue weighted by molar-refractivity contribution is 6.02. The average Bonchev–Trinajstić information content (AvgIpc) is 2.86. The summed E-state index contributed by atoms with van der Waals surface area (Å²) in [7, 11) is 2.16. The van der Waals surface area contributed by atoms with E-state index in [0.717, 1.165) is 41.3 Å². The van der Waals surface area contributed by atoms with Crippen LogP contribution in [0.15, 0.2) is 42.5 Å². The lowest BCUT2D eigenvalue weighted by Gasteiger charge is -2.25. The van der Waals surface area contributed by atoms with Crippen LogP contribution in [0.5, 0.6) is 0 Å².